The van der Waals surface area contributed by atoms with Crippen LogP contribution >= 0.6 is 0 Å². The Labute approximate surface area is 111 Å². The van der Waals surface area contributed by atoms with Crippen molar-refractivity contribution in [2.75, 3.05) is 6.61 Å². The van der Waals surface area contributed by atoms with Crippen LogP contribution < -0.4 is 0 Å². The fraction of sp³-hybridized carbons (Fsp3) is 0.231. The van der Waals surface area contributed by atoms with Gasteiger partial charge < -0.3 is 9.16 Å². The maximum Gasteiger partial charge on any atom is 0.330 e. The van der Waals surface area contributed by atoms with Crippen molar-refractivity contribution in [2.24, 2.45) is 0 Å². The highest BCUT2D eigenvalue weighted by Gasteiger charge is 2.02. The number of esters is 1. The van der Waals surface area contributed by atoms with Crippen molar-refractivity contribution in [3.05, 3.63) is 50.1 Å². The third-order valence-corrected chi connectivity index (χ3v) is 2.01. The van der Waals surface area contributed by atoms with Crippen molar-refractivity contribution >= 4 is 22.4 Å². The summed E-state index contributed by atoms with van der Waals surface area (Å²) < 4.78 is 9.04. The maximum atomic E-state index is 10.7. The lowest BCUT2D eigenvalue weighted by Crippen LogP contribution is -2.03. The molecule has 100 valence electrons. The van der Waals surface area contributed by atoms with Crippen LogP contribution in [0.15, 0.2) is 50.1 Å². The van der Waals surface area contributed by atoms with Gasteiger partial charge in [0.25, 0.3) is 0 Å². The minimum Gasteiger partial charge on any atom is -0.526 e. The lowest BCUT2D eigenvalue weighted by molar-refractivity contribution is -0.136. The molecule has 0 rings (SSSR count). The first kappa shape index (κ1) is 18.5. The number of carbonyl (C=O) groups excluding carboxylic acids is 2. The van der Waals surface area contributed by atoms with Gasteiger partial charge in [-0.2, -0.15) is 0 Å². The fourth-order valence-electron chi connectivity index (χ4n) is 0.723. The van der Waals surface area contributed by atoms with Crippen LogP contribution in [0.3, 0.4) is 0 Å². The van der Waals surface area contributed by atoms with E-state index >= 15 is 0 Å². The van der Waals surface area contributed by atoms with E-state index in [1.807, 2.05) is 0 Å². The van der Waals surface area contributed by atoms with Crippen LogP contribution in [0.25, 0.3) is 0 Å². The molecule has 0 saturated carbocycles. The first-order valence-electron chi connectivity index (χ1n) is 5.30. The summed E-state index contributed by atoms with van der Waals surface area (Å²) in [5, 5.41) is 0. The highest BCUT2D eigenvalue weighted by molar-refractivity contribution is 6.09. The largest absolute Gasteiger partial charge is 0.526 e. The molecule has 4 nitrogen and oxygen atoms in total. The average Bonchev–Trinajstić information content (AvgIpc) is 2.41. The zero-order chi connectivity index (χ0) is 14.4. The number of allylic oxidation sites excluding steroid dienone is 1. The van der Waals surface area contributed by atoms with Crippen LogP contribution in [0.4, 0.5) is 0 Å². The lowest BCUT2D eigenvalue weighted by atomic mass is 10.2. The van der Waals surface area contributed by atoms with Gasteiger partial charge in [0.1, 0.15) is 6.61 Å². The zero-order valence-corrected chi connectivity index (χ0v) is 12.8. The number of rotatable bonds is 7. The normalized spacial score (nSPS) is 8.22. The van der Waals surface area contributed by atoms with Gasteiger partial charge in [0, 0.05) is 11.6 Å². The first-order chi connectivity index (χ1) is 8.53. The van der Waals surface area contributed by atoms with Crippen molar-refractivity contribution < 1.29 is 18.8 Å². The summed E-state index contributed by atoms with van der Waals surface area (Å²) >= 11 is 0. The van der Waals surface area contributed by atoms with Crippen molar-refractivity contribution in [1.82, 2.24) is 0 Å². The highest BCUT2D eigenvalue weighted by atomic mass is 28.2. The van der Waals surface area contributed by atoms with Crippen LogP contribution in [0.2, 0.25) is 0 Å². The Morgan fingerprint density at radius 1 is 1.17 bits per heavy atom. The molecule has 0 atom stereocenters. The predicted octanol–water partition coefficient (Wildman–Crippen LogP) is 1.23. The SMILES string of the molecule is C=CCCC(=C)C(=O)O[SiH3].C=CCOC(=O)C=C. The van der Waals surface area contributed by atoms with E-state index in [1.54, 1.807) is 6.08 Å². The van der Waals surface area contributed by atoms with Gasteiger partial charge in [-0.05, 0) is 12.8 Å². The molecule has 0 bridgehead atoms. The summed E-state index contributed by atoms with van der Waals surface area (Å²) in [6.45, 7) is 13.9. The molecule has 18 heavy (non-hydrogen) atoms. The minimum atomic E-state index is -0.412. The molecular weight excluding hydrogens is 248 g/mol. The summed E-state index contributed by atoms with van der Waals surface area (Å²) in [6, 6.07) is 0. The van der Waals surface area contributed by atoms with Crippen molar-refractivity contribution in [1.29, 1.82) is 0 Å². The van der Waals surface area contributed by atoms with Crippen molar-refractivity contribution in [3.8, 4) is 0 Å². The van der Waals surface area contributed by atoms with E-state index < -0.39 is 5.97 Å². The summed E-state index contributed by atoms with van der Waals surface area (Å²) in [4.78, 5) is 20.9. The Hall–Kier alpha value is -1.88. The van der Waals surface area contributed by atoms with Gasteiger partial charge in [0.2, 0.25) is 10.5 Å². The molecule has 0 fully saturated rings. The van der Waals surface area contributed by atoms with Crippen LogP contribution in [-0.2, 0) is 18.8 Å². The van der Waals surface area contributed by atoms with E-state index in [2.05, 4.69) is 35.5 Å². The third kappa shape index (κ3) is 12.2. The van der Waals surface area contributed by atoms with Gasteiger partial charge >= 0.3 is 11.9 Å². The van der Waals surface area contributed by atoms with Gasteiger partial charge in [0.15, 0.2) is 0 Å². The van der Waals surface area contributed by atoms with Gasteiger partial charge in [-0.15, -0.1) is 6.58 Å². The van der Waals surface area contributed by atoms with Crippen molar-refractivity contribution in [2.45, 2.75) is 12.8 Å². The van der Waals surface area contributed by atoms with Crippen LogP contribution in [0, 0.1) is 0 Å². The summed E-state index contributed by atoms with van der Waals surface area (Å²) in [5.74, 6) is -0.682. The molecule has 0 radical (unpaired) electrons. The molecule has 0 spiro atoms. The van der Waals surface area contributed by atoms with Gasteiger partial charge in [-0.3, -0.25) is 0 Å². The summed E-state index contributed by atoms with van der Waals surface area (Å²) in [7, 11) is 0.443. The topological polar surface area (TPSA) is 52.6 Å². The Kier molecular flexibility index (Phi) is 13.5. The smallest absolute Gasteiger partial charge is 0.330 e. The molecule has 0 aromatic rings. The molecule has 0 heterocycles. The van der Waals surface area contributed by atoms with Crippen molar-refractivity contribution in [3.63, 3.8) is 0 Å². The average molecular weight is 268 g/mol. The van der Waals surface area contributed by atoms with E-state index in [1.165, 1.54) is 6.08 Å². The Balaban J connectivity index is 0. The molecule has 0 unspecified atom stereocenters. The first-order valence-corrected chi connectivity index (χ1v) is 6.12. The number of hydrogen-bond acceptors (Lipinski definition) is 4. The van der Waals surface area contributed by atoms with E-state index in [0.717, 1.165) is 12.5 Å². The maximum absolute atomic E-state index is 10.7. The van der Waals surface area contributed by atoms with E-state index in [4.69, 9.17) is 0 Å². The molecule has 5 heteroatoms. The predicted molar refractivity (Wildman–Crippen MR) is 76.0 cm³/mol. The summed E-state index contributed by atoms with van der Waals surface area (Å²) in [6.07, 6.45) is 5.82. The monoisotopic (exact) mass is 268 g/mol. The molecule has 0 amide bonds. The highest BCUT2D eigenvalue weighted by Crippen LogP contribution is 2.03. The Bertz CT molecular complexity index is 321. The molecule has 0 aliphatic rings. The Morgan fingerprint density at radius 2 is 1.78 bits per heavy atom. The van der Waals surface area contributed by atoms with Crippen LogP contribution in [0.5, 0.6) is 0 Å². The fourth-order valence-corrected chi connectivity index (χ4v) is 1.01. The summed E-state index contributed by atoms with van der Waals surface area (Å²) in [5.41, 5.74) is 0.537. The van der Waals surface area contributed by atoms with Crippen LogP contribution in [0.1, 0.15) is 12.8 Å². The Morgan fingerprint density at radius 3 is 2.17 bits per heavy atom. The molecule has 0 aliphatic carbocycles. The third-order valence-electron chi connectivity index (χ3n) is 1.63. The second-order valence-corrected chi connectivity index (χ2v) is 3.45. The standard InChI is InChI=1S/C7H12O2Si.C6H8O2/c1-3-4-5-6(2)7(8)9-10;1-3-5-8-6(7)4-2/h3H,1-2,4-5H2,10H3;3-4H,1-2,5H2. The zero-order valence-electron chi connectivity index (χ0n) is 10.8. The molecular formula is C13H20O4Si. The molecule has 0 aliphatic heterocycles. The van der Waals surface area contributed by atoms with Gasteiger partial charge in [-0.25, -0.2) is 9.59 Å². The number of hydrogen-bond donors (Lipinski definition) is 0. The second-order valence-electron chi connectivity index (χ2n) is 3.05. The number of carbonyl (C=O) groups is 2. The quantitative estimate of drug-likeness (QED) is 0.302. The van der Waals surface area contributed by atoms with Crippen LogP contribution in [-0.4, -0.2) is 29.0 Å². The molecule has 0 N–H and O–H groups in total. The van der Waals surface area contributed by atoms with E-state index in [0.29, 0.717) is 22.5 Å². The molecule has 0 aromatic carbocycles. The van der Waals surface area contributed by atoms with Gasteiger partial charge in [-0.1, -0.05) is 31.9 Å². The molecule has 0 saturated heterocycles. The molecule has 0 aromatic heterocycles. The number of ether oxygens (including phenoxy) is 1. The lowest BCUT2D eigenvalue weighted by Gasteiger charge is -1.99. The minimum absolute atomic E-state index is 0.255. The second kappa shape index (κ2) is 13.2. The van der Waals surface area contributed by atoms with E-state index in [9.17, 15) is 9.59 Å². The van der Waals surface area contributed by atoms with E-state index in [-0.39, 0.29) is 12.6 Å². The van der Waals surface area contributed by atoms with Gasteiger partial charge in [0.05, 0.1) is 0 Å².